The Bertz CT molecular complexity index is 813. The topological polar surface area (TPSA) is 9.23 Å². The molecular formula is C20H20F4O. The Labute approximate surface area is 144 Å². The van der Waals surface area contributed by atoms with E-state index in [0.717, 1.165) is 37.8 Å². The first-order valence-corrected chi connectivity index (χ1v) is 8.61. The Morgan fingerprint density at radius 3 is 2.48 bits per heavy atom. The number of benzene rings is 2. The average molecular weight is 352 g/mol. The van der Waals surface area contributed by atoms with Crippen LogP contribution < -0.4 is 0 Å². The molecule has 25 heavy (non-hydrogen) atoms. The highest BCUT2D eigenvalue weighted by Gasteiger charge is 2.22. The van der Waals surface area contributed by atoms with E-state index in [9.17, 15) is 17.6 Å². The van der Waals surface area contributed by atoms with Crippen molar-refractivity contribution >= 4 is 10.8 Å². The molecule has 1 unspecified atom stereocenters. The standard InChI is InChI=1S/C20H20F4O/c1-2-3-4-5-12-6-7-17(25-11-12)13-8-14-10-16(22)19(23)20(24)18(14)15(21)9-13/h8-11,17H,2-7H2,1H3. The van der Waals surface area contributed by atoms with Gasteiger partial charge in [-0.25, -0.2) is 17.6 Å². The Hall–Kier alpha value is -2.04. The van der Waals surface area contributed by atoms with Gasteiger partial charge in [-0.3, -0.25) is 0 Å². The van der Waals surface area contributed by atoms with Gasteiger partial charge in [0.05, 0.1) is 11.6 Å². The number of rotatable bonds is 5. The maximum absolute atomic E-state index is 14.3. The summed E-state index contributed by atoms with van der Waals surface area (Å²) in [4.78, 5) is 0. The van der Waals surface area contributed by atoms with Crippen LogP contribution in [0.4, 0.5) is 17.6 Å². The molecule has 0 amide bonds. The first-order valence-electron chi connectivity index (χ1n) is 8.61. The number of unbranched alkanes of at least 4 members (excludes halogenated alkanes) is 2. The SMILES string of the molecule is CCCCCC1=COC(c2cc(F)c3c(F)c(F)c(F)cc3c2)CC1. The van der Waals surface area contributed by atoms with Crippen molar-refractivity contribution in [1.29, 1.82) is 0 Å². The summed E-state index contributed by atoms with van der Waals surface area (Å²) in [6.45, 7) is 2.15. The molecule has 134 valence electrons. The van der Waals surface area contributed by atoms with Gasteiger partial charge in [0.2, 0.25) is 0 Å². The van der Waals surface area contributed by atoms with E-state index in [1.807, 2.05) is 0 Å². The van der Waals surface area contributed by atoms with Gasteiger partial charge in [0.15, 0.2) is 17.5 Å². The van der Waals surface area contributed by atoms with Gasteiger partial charge >= 0.3 is 0 Å². The van der Waals surface area contributed by atoms with Gasteiger partial charge in [-0.15, -0.1) is 0 Å². The normalized spacial score (nSPS) is 17.5. The van der Waals surface area contributed by atoms with Crippen LogP contribution in [-0.4, -0.2) is 0 Å². The van der Waals surface area contributed by atoms with Crippen molar-refractivity contribution in [2.75, 3.05) is 0 Å². The number of hydrogen-bond donors (Lipinski definition) is 0. The minimum atomic E-state index is -1.66. The summed E-state index contributed by atoms with van der Waals surface area (Å²) in [5.41, 5.74) is 1.73. The molecule has 1 atom stereocenters. The molecule has 1 heterocycles. The number of allylic oxidation sites excluding steroid dienone is 1. The fourth-order valence-electron chi connectivity index (χ4n) is 3.25. The van der Waals surface area contributed by atoms with Gasteiger partial charge < -0.3 is 4.74 Å². The van der Waals surface area contributed by atoms with Crippen LogP contribution in [-0.2, 0) is 4.74 Å². The van der Waals surface area contributed by atoms with Gasteiger partial charge in [-0.05, 0) is 60.4 Å². The molecule has 1 aliphatic rings. The van der Waals surface area contributed by atoms with Crippen LogP contribution in [0, 0.1) is 23.3 Å². The lowest BCUT2D eigenvalue weighted by molar-refractivity contribution is 0.119. The van der Waals surface area contributed by atoms with Crippen molar-refractivity contribution in [3.63, 3.8) is 0 Å². The number of halogens is 4. The van der Waals surface area contributed by atoms with E-state index in [4.69, 9.17) is 4.74 Å². The zero-order chi connectivity index (χ0) is 18.0. The van der Waals surface area contributed by atoms with E-state index < -0.39 is 28.7 Å². The molecule has 1 aliphatic heterocycles. The highest BCUT2D eigenvalue weighted by atomic mass is 19.2. The maximum atomic E-state index is 14.3. The second kappa shape index (κ2) is 7.46. The first-order chi connectivity index (χ1) is 12.0. The predicted molar refractivity (Wildman–Crippen MR) is 89.1 cm³/mol. The molecule has 3 rings (SSSR count). The van der Waals surface area contributed by atoms with Crippen molar-refractivity contribution < 1.29 is 22.3 Å². The van der Waals surface area contributed by atoms with Crippen LogP contribution >= 0.6 is 0 Å². The second-order valence-corrected chi connectivity index (χ2v) is 6.48. The number of ether oxygens (including phenoxy) is 1. The van der Waals surface area contributed by atoms with Crippen molar-refractivity contribution in [3.8, 4) is 0 Å². The molecule has 5 heteroatoms. The summed E-state index contributed by atoms with van der Waals surface area (Å²) >= 11 is 0. The predicted octanol–water partition coefficient (Wildman–Crippen LogP) is 6.71. The lowest BCUT2D eigenvalue weighted by Gasteiger charge is -2.24. The van der Waals surface area contributed by atoms with Crippen molar-refractivity contribution in [3.05, 3.63) is 58.9 Å². The van der Waals surface area contributed by atoms with E-state index in [1.165, 1.54) is 18.1 Å². The fraction of sp³-hybridized carbons (Fsp3) is 0.400. The molecule has 2 aromatic rings. The monoisotopic (exact) mass is 352 g/mol. The zero-order valence-electron chi connectivity index (χ0n) is 14.0. The van der Waals surface area contributed by atoms with Crippen LogP contribution in [0.5, 0.6) is 0 Å². The Balaban J connectivity index is 1.84. The molecule has 2 aromatic carbocycles. The molecule has 0 bridgehead atoms. The number of hydrogen-bond acceptors (Lipinski definition) is 1. The van der Waals surface area contributed by atoms with E-state index >= 15 is 0 Å². The molecule has 0 radical (unpaired) electrons. The van der Waals surface area contributed by atoms with Crippen LogP contribution in [0.1, 0.15) is 57.1 Å². The zero-order valence-corrected chi connectivity index (χ0v) is 14.0. The van der Waals surface area contributed by atoms with Crippen molar-refractivity contribution in [1.82, 2.24) is 0 Å². The lowest BCUT2D eigenvalue weighted by atomic mass is 9.95. The third kappa shape index (κ3) is 3.65. The summed E-state index contributed by atoms with van der Waals surface area (Å²) in [6.07, 6.45) is 7.30. The summed E-state index contributed by atoms with van der Waals surface area (Å²) in [5, 5.41) is -0.540. The van der Waals surface area contributed by atoms with Crippen molar-refractivity contribution in [2.24, 2.45) is 0 Å². The van der Waals surface area contributed by atoms with E-state index in [2.05, 4.69) is 6.92 Å². The lowest BCUT2D eigenvalue weighted by Crippen LogP contribution is -2.08. The van der Waals surface area contributed by atoms with Gasteiger partial charge in [-0.2, -0.15) is 0 Å². The van der Waals surface area contributed by atoms with Gasteiger partial charge in [0, 0.05) is 0 Å². The fourth-order valence-corrected chi connectivity index (χ4v) is 3.25. The molecule has 0 saturated heterocycles. The Morgan fingerprint density at radius 2 is 1.80 bits per heavy atom. The minimum Gasteiger partial charge on any atom is -0.493 e. The molecule has 1 nitrogen and oxygen atoms in total. The first kappa shape index (κ1) is 17.8. The smallest absolute Gasteiger partial charge is 0.195 e. The Morgan fingerprint density at radius 1 is 1.00 bits per heavy atom. The van der Waals surface area contributed by atoms with Gasteiger partial charge in [0.1, 0.15) is 11.9 Å². The molecule has 0 aromatic heterocycles. The summed E-state index contributed by atoms with van der Waals surface area (Å²) < 4.78 is 60.5. The molecule has 0 fully saturated rings. The maximum Gasteiger partial charge on any atom is 0.195 e. The second-order valence-electron chi connectivity index (χ2n) is 6.48. The van der Waals surface area contributed by atoms with Crippen LogP contribution in [0.3, 0.4) is 0 Å². The van der Waals surface area contributed by atoms with Crippen LogP contribution in [0.2, 0.25) is 0 Å². The third-order valence-corrected chi connectivity index (χ3v) is 4.65. The highest BCUT2D eigenvalue weighted by Crippen LogP contribution is 2.35. The average Bonchev–Trinajstić information content (AvgIpc) is 2.60. The number of fused-ring (bicyclic) bond motifs is 1. The summed E-state index contributed by atoms with van der Waals surface area (Å²) in [7, 11) is 0. The summed E-state index contributed by atoms with van der Waals surface area (Å²) in [6, 6.07) is 3.42. The van der Waals surface area contributed by atoms with E-state index in [1.54, 1.807) is 6.26 Å². The van der Waals surface area contributed by atoms with Gasteiger partial charge in [0.25, 0.3) is 0 Å². The Kier molecular flexibility index (Phi) is 5.30. The minimum absolute atomic E-state index is 0.00674. The molecule has 0 spiro atoms. The largest absolute Gasteiger partial charge is 0.493 e. The molecular weight excluding hydrogens is 332 g/mol. The van der Waals surface area contributed by atoms with Crippen molar-refractivity contribution in [2.45, 2.75) is 51.6 Å². The van der Waals surface area contributed by atoms with Gasteiger partial charge in [-0.1, -0.05) is 19.8 Å². The molecule has 0 N–H and O–H groups in total. The van der Waals surface area contributed by atoms with E-state index in [-0.39, 0.29) is 11.5 Å². The van der Waals surface area contributed by atoms with Crippen LogP contribution in [0.25, 0.3) is 10.8 Å². The third-order valence-electron chi connectivity index (χ3n) is 4.65. The quantitative estimate of drug-likeness (QED) is 0.330. The molecule has 0 saturated carbocycles. The molecule has 0 aliphatic carbocycles. The summed E-state index contributed by atoms with van der Waals surface area (Å²) in [5.74, 6) is -5.40. The van der Waals surface area contributed by atoms with Crippen LogP contribution in [0.15, 0.2) is 30.0 Å². The van der Waals surface area contributed by atoms with E-state index in [0.29, 0.717) is 12.0 Å². The highest BCUT2D eigenvalue weighted by molar-refractivity contribution is 5.84.